The molecule has 0 aliphatic rings. The van der Waals surface area contributed by atoms with Crippen molar-refractivity contribution in [2.45, 2.75) is 6.92 Å². The van der Waals surface area contributed by atoms with Crippen molar-refractivity contribution < 1.29 is 5.11 Å². The van der Waals surface area contributed by atoms with Crippen LogP contribution in [0.4, 0.5) is 0 Å². The van der Waals surface area contributed by atoms with E-state index in [1.165, 1.54) is 10.3 Å². The summed E-state index contributed by atoms with van der Waals surface area (Å²) in [5.74, 6) is 0.285. The second-order valence-corrected chi connectivity index (χ2v) is 7.07. The van der Waals surface area contributed by atoms with Crippen LogP contribution in [0.25, 0.3) is 32.9 Å². The Bertz CT molecular complexity index is 1040. The third-order valence-electron chi connectivity index (χ3n) is 4.06. The van der Waals surface area contributed by atoms with E-state index in [1.54, 1.807) is 23.5 Å². The van der Waals surface area contributed by atoms with E-state index < -0.39 is 0 Å². The Morgan fingerprint density at radius 1 is 0.840 bits per heavy atom. The summed E-state index contributed by atoms with van der Waals surface area (Å²) in [6.45, 7) is 2.11. The molecule has 0 bridgehead atoms. The summed E-state index contributed by atoms with van der Waals surface area (Å²) in [6.07, 6.45) is 4.10. The van der Waals surface area contributed by atoms with Gasteiger partial charge >= 0.3 is 0 Å². The number of hydrogen-bond acceptors (Lipinski definition) is 3. The number of nitrogens with zero attached hydrogens (tertiary/aromatic N) is 1. The van der Waals surface area contributed by atoms with Crippen molar-refractivity contribution in [2.24, 2.45) is 0 Å². The largest absolute Gasteiger partial charge is 0.508 e. The first-order valence-electron chi connectivity index (χ1n) is 8.12. The first kappa shape index (κ1) is 15.6. The molecule has 4 aromatic rings. The van der Waals surface area contributed by atoms with E-state index in [1.807, 2.05) is 18.2 Å². The fourth-order valence-corrected chi connectivity index (χ4v) is 3.74. The molecule has 0 amide bonds. The SMILES string of the molecule is Cc1ccc2nc(-c3ccc(C=Cc4ccc(O)cc4)cc3)sc2c1. The highest BCUT2D eigenvalue weighted by Crippen LogP contribution is 2.31. The Balaban J connectivity index is 1.57. The normalized spacial score (nSPS) is 11.4. The Hall–Kier alpha value is -2.91. The molecule has 122 valence electrons. The predicted molar refractivity (Wildman–Crippen MR) is 107 cm³/mol. The minimum atomic E-state index is 0.285. The van der Waals surface area contributed by atoms with E-state index in [-0.39, 0.29) is 5.75 Å². The lowest BCUT2D eigenvalue weighted by molar-refractivity contribution is 0.475. The molecule has 3 heteroatoms. The lowest BCUT2D eigenvalue weighted by Gasteiger charge is -1.98. The smallest absolute Gasteiger partial charge is 0.124 e. The zero-order chi connectivity index (χ0) is 17.2. The number of rotatable bonds is 3. The second kappa shape index (κ2) is 6.54. The van der Waals surface area contributed by atoms with Gasteiger partial charge < -0.3 is 5.11 Å². The fraction of sp³-hybridized carbons (Fsp3) is 0.0455. The highest BCUT2D eigenvalue weighted by molar-refractivity contribution is 7.21. The molecule has 0 fully saturated rings. The summed E-state index contributed by atoms with van der Waals surface area (Å²) < 4.78 is 1.23. The fourth-order valence-electron chi connectivity index (χ4n) is 2.67. The van der Waals surface area contributed by atoms with Crippen molar-refractivity contribution in [3.8, 4) is 16.3 Å². The molecule has 1 heterocycles. The molecule has 3 aromatic carbocycles. The van der Waals surface area contributed by atoms with E-state index in [0.29, 0.717) is 0 Å². The number of aryl methyl sites for hydroxylation is 1. The molecule has 0 spiro atoms. The zero-order valence-corrected chi connectivity index (χ0v) is 14.6. The van der Waals surface area contributed by atoms with E-state index in [9.17, 15) is 5.11 Å². The summed E-state index contributed by atoms with van der Waals surface area (Å²) in [5.41, 5.74) is 5.65. The summed E-state index contributed by atoms with van der Waals surface area (Å²) in [7, 11) is 0. The van der Waals surface area contributed by atoms with E-state index >= 15 is 0 Å². The van der Waals surface area contributed by atoms with Gasteiger partial charge in [-0.2, -0.15) is 0 Å². The number of aromatic nitrogens is 1. The Morgan fingerprint density at radius 2 is 1.48 bits per heavy atom. The van der Waals surface area contributed by atoms with Crippen molar-refractivity contribution in [1.82, 2.24) is 4.98 Å². The summed E-state index contributed by atoms with van der Waals surface area (Å²) in [4.78, 5) is 4.73. The van der Waals surface area contributed by atoms with Gasteiger partial charge in [-0.15, -0.1) is 11.3 Å². The quantitative estimate of drug-likeness (QED) is 0.453. The number of aromatic hydroxyl groups is 1. The number of thiazole rings is 1. The number of benzene rings is 3. The van der Waals surface area contributed by atoms with Gasteiger partial charge in [-0.25, -0.2) is 4.98 Å². The first-order chi connectivity index (χ1) is 12.2. The number of phenols is 1. The monoisotopic (exact) mass is 343 g/mol. The molecule has 25 heavy (non-hydrogen) atoms. The Labute approximate surface area is 150 Å². The predicted octanol–water partition coefficient (Wildman–Crippen LogP) is 6.15. The van der Waals surface area contributed by atoms with Crippen LogP contribution < -0.4 is 0 Å². The van der Waals surface area contributed by atoms with Crippen LogP contribution in [0.15, 0.2) is 66.7 Å². The van der Waals surface area contributed by atoms with Crippen LogP contribution in [0.2, 0.25) is 0 Å². The molecule has 2 nitrogen and oxygen atoms in total. The van der Waals surface area contributed by atoms with E-state index in [2.05, 4.69) is 55.5 Å². The van der Waals surface area contributed by atoms with Gasteiger partial charge in [-0.3, -0.25) is 0 Å². The van der Waals surface area contributed by atoms with Gasteiger partial charge in [0.2, 0.25) is 0 Å². The number of phenolic OH excluding ortho intramolecular Hbond substituents is 1. The molecule has 0 unspecified atom stereocenters. The molecular formula is C22H17NOS. The highest BCUT2D eigenvalue weighted by atomic mass is 32.1. The van der Waals surface area contributed by atoms with Gasteiger partial charge in [0.25, 0.3) is 0 Å². The minimum absolute atomic E-state index is 0.285. The van der Waals surface area contributed by atoms with Crippen LogP contribution in [0.5, 0.6) is 5.75 Å². The lowest BCUT2D eigenvalue weighted by Crippen LogP contribution is -1.77. The summed E-state index contributed by atoms with van der Waals surface area (Å²) in [6, 6.07) is 22.0. The molecule has 0 aliphatic carbocycles. The van der Waals surface area contributed by atoms with Crippen molar-refractivity contribution in [1.29, 1.82) is 0 Å². The van der Waals surface area contributed by atoms with E-state index in [0.717, 1.165) is 27.2 Å². The van der Waals surface area contributed by atoms with Crippen molar-refractivity contribution in [3.63, 3.8) is 0 Å². The topological polar surface area (TPSA) is 33.1 Å². The maximum absolute atomic E-state index is 9.32. The standard InChI is InChI=1S/C22H17NOS/c1-15-2-13-20-21(14-15)25-22(23-20)18-9-5-16(6-10-18)3-4-17-7-11-19(24)12-8-17/h2-14,24H,1H3. The molecule has 4 rings (SSSR count). The van der Waals surface area contributed by atoms with Gasteiger partial charge in [-0.1, -0.05) is 54.6 Å². The van der Waals surface area contributed by atoms with E-state index in [4.69, 9.17) is 4.98 Å². The molecule has 0 saturated heterocycles. The van der Waals surface area contributed by atoms with Crippen LogP contribution in [0.1, 0.15) is 16.7 Å². The van der Waals surface area contributed by atoms with Crippen LogP contribution in [-0.2, 0) is 0 Å². The van der Waals surface area contributed by atoms with Gasteiger partial charge in [0.15, 0.2) is 0 Å². The van der Waals surface area contributed by atoms with Crippen molar-refractivity contribution in [3.05, 3.63) is 83.4 Å². The molecule has 1 aromatic heterocycles. The summed E-state index contributed by atoms with van der Waals surface area (Å²) in [5, 5.41) is 10.4. The molecular weight excluding hydrogens is 326 g/mol. The van der Waals surface area contributed by atoms with Crippen LogP contribution in [-0.4, -0.2) is 10.1 Å². The average Bonchev–Trinajstić information content (AvgIpc) is 3.05. The van der Waals surface area contributed by atoms with Gasteiger partial charge in [0, 0.05) is 5.56 Å². The molecule has 0 saturated carbocycles. The molecule has 0 atom stereocenters. The molecule has 0 radical (unpaired) electrons. The zero-order valence-electron chi connectivity index (χ0n) is 13.8. The van der Waals surface area contributed by atoms with Crippen LogP contribution in [0.3, 0.4) is 0 Å². The van der Waals surface area contributed by atoms with Crippen LogP contribution >= 0.6 is 11.3 Å². The average molecular weight is 343 g/mol. The van der Waals surface area contributed by atoms with Gasteiger partial charge in [0.05, 0.1) is 10.2 Å². The minimum Gasteiger partial charge on any atom is -0.508 e. The molecule has 1 N–H and O–H groups in total. The Morgan fingerprint density at radius 3 is 2.16 bits per heavy atom. The maximum Gasteiger partial charge on any atom is 0.124 e. The highest BCUT2D eigenvalue weighted by Gasteiger charge is 2.06. The number of fused-ring (bicyclic) bond motifs is 1. The third kappa shape index (κ3) is 3.47. The second-order valence-electron chi connectivity index (χ2n) is 6.04. The van der Waals surface area contributed by atoms with Crippen LogP contribution in [0, 0.1) is 6.92 Å². The summed E-state index contributed by atoms with van der Waals surface area (Å²) >= 11 is 1.73. The lowest BCUT2D eigenvalue weighted by atomic mass is 10.1. The first-order valence-corrected chi connectivity index (χ1v) is 8.94. The van der Waals surface area contributed by atoms with Gasteiger partial charge in [0.1, 0.15) is 10.8 Å². The van der Waals surface area contributed by atoms with Gasteiger partial charge in [-0.05, 0) is 47.9 Å². The maximum atomic E-state index is 9.32. The van der Waals surface area contributed by atoms with Crippen molar-refractivity contribution in [2.75, 3.05) is 0 Å². The number of hydrogen-bond donors (Lipinski definition) is 1. The Kier molecular flexibility index (Phi) is 4.08. The van der Waals surface area contributed by atoms with Crippen molar-refractivity contribution >= 4 is 33.7 Å². The third-order valence-corrected chi connectivity index (χ3v) is 5.13. The molecule has 0 aliphatic heterocycles.